The lowest BCUT2D eigenvalue weighted by atomic mass is 9.67. The third kappa shape index (κ3) is 5.63. The molecular formula is C58H35N3S2. The Bertz CT molecular complexity index is 3560. The molecule has 0 amide bonds. The summed E-state index contributed by atoms with van der Waals surface area (Å²) in [4.78, 5) is 17.6. The van der Waals surface area contributed by atoms with Crippen molar-refractivity contribution in [2.75, 3.05) is 0 Å². The molecule has 1 aliphatic heterocycles. The highest BCUT2D eigenvalue weighted by molar-refractivity contribution is 7.99. The topological polar surface area (TPSA) is 38.7 Å². The minimum absolute atomic E-state index is 0.482. The molecule has 9 aromatic carbocycles. The van der Waals surface area contributed by atoms with E-state index < -0.39 is 5.41 Å². The largest absolute Gasteiger partial charge is 0.208 e. The number of hydrogen-bond acceptors (Lipinski definition) is 5. The molecule has 1 aliphatic carbocycles. The zero-order chi connectivity index (χ0) is 41.5. The highest BCUT2D eigenvalue weighted by Gasteiger charge is 2.51. The van der Waals surface area contributed by atoms with Crippen LogP contribution in [0, 0.1) is 0 Å². The average Bonchev–Trinajstić information content (AvgIpc) is 3.88. The van der Waals surface area contributed by atoms with E-state index in [0.29, 0.717) is 17.5 Å². The highest BCUT2D eigenvalue weighted by Crippen LogP contribution is 2.64. The minimum atomic E-state index is -0.482. The molecule has 0 saturated heterocycles. The summed E-state index contributed by atoms with van der Waals surface area (Å²) in [5, 5.41) is 2.70. The third-order valence-electron chi connectivity index (χ3n) is 12.8. The summed E-state index contributed by atoms with van der Waals surface area (Å²) in [5.41, 5.74) is 15.0. The Kier molecular flexibility index (Phi) is 8.23. The Labute approximate surface area is 373 Å². The van der Waals surface area contributed by atoms with Crippen molar-refractivity contribution in [2.45, 2.75) is 15.2 Å². The first-order valence-corrected chi connectivity index (χ1v) is 22.9. The second-order valence-corrected chi connectivity index (χ2v) is 18.4. The fourth-order valence-electron chi connectivity index (χ4n) is 10.0. The van der Waals surface area contributed by atoms with Crippen molar-refractivity contribution in [2.24, 2.45) is 0 Å². The van der Waals surface area contributed by atoms with E-state index in [0.717, 1.165) is 27.8 Å². The molecule has 0 bridgehead atoms. The van der Waals surface area contributed by atoms with E-state index in [1.54, 1.807) is 0 Å². The first kappa shape index (κ1) is 36.2. The van der Waals surface area contributed by atoms with Gasteiger partial charge in [-0.2, -0.15) is 0 Å². The summed E-state index contributed by atoms with van der Waals surface area (Å²) in [6.07, 6.45) is 0. The number of hydrogen-bond donors (Lipinski definition) is 0. The molecule has 0 radical (unpaired) electrons. The summed E-state index contributed by atoms with van der Waals surface area (Å²) < 4.78 is 2.66. The number of fused-ring (bicyclic) bond motifs is 13. The second-order valence-electron chi connectivity index (χ2n) is 16.3. The van der Waals surface area contributed by atoms with Gasteiger partial charge in [0.1, 0.15) is 0 Å². The van der Waals surface area contributed by atoms with Gasteiger partial charge in [-0.05, 0) is 98.1 Å². The van der Waals surface area contributed by atoms with Crippen LogP contribution in [0.1, 0.15) is 22.3 Å². The Balaban J connectivity index is 0.957. The molecule has 0 fully saturated rings. The van der Waals surface area contributed by atoms with Gasteiger partial charge in [0.15, 0.2) is 17.5 Å². The van der Waals surface area contributed by atoms with Gasteiger partial charge >= 0.3 is 0 Å². The molecule has 13 rings (SSSR count). The summed E-state index contributed by atoms with van der Waals surface area (Å²) in [5.74, 6) is 1.94. The van der Waals surface area contributed by atoms with Gasteiger partial charge in [-0.1, -0.05) is 182 Å². The Morgan fingerprint density at radius 3 is 1.60 bits per heavy atom. The van der Waals surface area contributed by atoms with Crippen molar-refractivity contribution in [3.8, 4) is 67.5 Å². The molecule has 0 N–H and O–H groups in total. The fraction of sp³-hybridized carbons (Fsp3) is 0.0172. The summed E-state index contributed by atoms with van der Waals surface area (Å²) in [6, 6.07) is 76.9. The Morgan fingerprint density at radius 2 is 0.873 bits per heavy atom. The van der Waals surface area contributed by atoms with Gasteiger partial charge in [0.2, 0.25) is 0 Å². The lowest BCUT2D eigenvalue weighted by molar-refractivity contribution is 0.723. The van der Waals surface area contributed by atoms with E-state index in [9.17, 15) is 0 Å². The Hall–Kier alpha value is -7.44. The maximum Gasteiger partial charge on any atom is 0.164 e. The standard InChI is InChI=1S/C58H35N3S2/c1-3-15-36(16-4-1)55-59-56(37-17-5-2-6-18-37)61-57(60-55)42-22-14-21-40(34-42)38-19-13-20-39(33-38)41-29-31-51-48(35-41)58(46-26-10-12-28-50(46)63-51)45-25-9-7-23-43(45)53-47(58)30-32-52-54(53)44-24-8-11-27-49(44)62-52/h1-35H/t58-/m1/s1. The predicted molar refractivity (Wildman–Crippen MR) is 261 cm³/mol. The van der Waals surface area contributed by atoms with Crippen LogP contribution >= 0.6 is 23.1 Å². The molecule has 0 saturated carbocycles. The molecular weight excluding hydrogens is 803 g/mol. The first-order valence-electron chi connectivity index (χ1n) is 21.3. The van der Waals surface area contributed by atoms with Gasteiger partial charge in [0.25, 0.3) is 0 Å². The quantitative estimate of drug-likeness (QED) is 0.173. The average molecular weight is 838 g/mol. The van der Waals surface area contributed by atoms with Crippen LogP contribution in [0.2, 0.25) is 0 Å². The van der Waals surface area contributed by atoms with E-state index in [-0.39, 0.29) is 0 Å². The van der Waals surface area contributed by atoms with Crippen LogP contribution < -0.4 is 0 Å². The molecule has 2 aromatic heterocycles. The van der Waals surface area contributed by atoms with Crippen molar-refractivity contribution >= 4 is 43.3 Å². The van der Waals surface area contributed by atoms with Crippen molar-refractivity contribution < 1.29 is 0 Å². The zero-order valence-electron chi connectivity index (χ0n) is 33.9. The maximum absolute atomic E-state index is 5.03. The van der Waals surface area contributed by atoms with Crippen molar-refractivity contribution in [3.63, 3.8) is 0 Å². The number of rotatable bonds is 5. The normalized spacial score (nSPS) is 14.7. The third-order valence-corrected chi connectivity index (χ3v) is 15.1. The molecule has 1 spiro atoms. The molecule has 0 unspecified atom stereocenters. The van der Waals surface area contributed by atoms with E-state index in [4.69, 9.17) is 15.0 Å². The molecule has 3 heterocycles. The van der Waals surface area contributed by atoms with Crippen LogP contribution in [0.5, 0.6) is 0 Å². The smallest absolute Gasteiger partial charge is 0.164 e. The summed E-state index contributed by atoms with van der Waals surface area (Å²) in [7, 11) is 0. The monoisotopic (exact) mass is 837 g/mol. The second kappa shape index (κ2) is 14.3. The highest BCUT2D eigenvalue weighted by atomic mass is 32.2. The van der Waals surface area contributed by atoms with Crippen molar-refractivity contribution in [1.82, 2.24) is 15.0 Å². The number of benzene rings is 9. The lowest BCUT2D eigenvalue weighted by Gasteiger charge is -2.40. The van der Waals surface area contributed by atoms with Gasteiger partial charge in [0.05, 0.1) is 5.41 Å². The van der Waals surface area contributed by atoms with Crippen LogP contribution in [0.25, 0.3) is 87.7 Å². The van der Waals surface area contributed by atoms with Crippen LogP contribution in [0.4, 0.5) is 0 Å². The van der Waals surface area contributed by atoms with Gasteiger partial charge in [-0.3, -0.25) is 0 Å². The lowest BCUT2D eigenvalue weighted by Crippen LogP contribution is -2.32. The first-order chi connectivity index (χ1) is 31.2. The van der Waals surface area contributed by atoms with Crippen LogP contribution in [-0.2, 0) is 5.41 Å². The number of thiophene rings is 1. The van der Waals surface area contributed by atoms with Crippen LogP contribution in [0.15, 0.2) is 222 Å². The van der Waals surface area contributed by atoms with E-state index in [1.807, 2.05) is 83.8 Å². The van der Waals surface area contributed by atoms with Crippen LogP contribution in [0.3, 0.4) is 0 Å². The Morgan fingerprint density at radius 1 is 0.333 bits per heavy atom. The van der Waals surface area contributed by atoms with Crippen molar-refractivity contribution in [3.05, 3.63) is 235 Å². The maximum atomic E-state index is 5.03. The fourth-order valence-corrected chi connectivity index (χ4v) is 12.3. The number of aromatic nitrogens is 3. The summed E-state index contributed by atoms with van der Waals surface area (Å²) in [6.45, 7) is 0. The van der Waals surface area contributed by atoms with E-state index in [1.165, 1.54) is 74.5 Å². The molecule has 294 valence electrons. The molecule has 1 atom stereocenters. The van der Waals surface area contributed by atoms with Crippen LogP contribution in [-0.4, -0.2) is 15.0 Å². The predicted octanol–water partition coefficient (Wildman–Crippen LogP) is 15.4. The van der Waals surface area contributed by atoms with E-state index in [2.05, 4.69) is 152 Å². The SMILES string of the molecule is c1ccc(-c2nc(-c3ccccc3)nc(-c3cccc(-c4cccc(-c5ccc6c(c5)[C@@]5(c7ccccc7S6)c6ccccc6-c6c5ccc5sc7ccccc7c65)c4)c3)n2)cc1. The molecule has 3 nitrogen and oxygen atoms in total. The number of nitrogens with zero attached hydrogens (tertiary/aromatic N) is 3. The molecule has 5 heteroatoms. The van der Waals surface area contributed by atoms with Gasteiger partial charge in [-0.15, -0.1) is 11.3 Å². The molecule has 2 aliphatic rings. The van der Waals surface area contributed by atoms with Gasteiger partial charge in [-0.25, -0.2) is 15.0 Å². The van der Waals surface area contributed by atoms with E-state index >= 15 is 0 Å². The van der Waals surface area contributed by atoms with Gasteiger partial charge in [0, 0.05) is 46.7 Å². The van der Waals surface area contributed by atoms with Crippen molar-refractivity contribution in [1.29, 1.82) is 0 Å². The van der Waals surface area contributed by atoms with Gasteiger partial charge < -0.3 is 0 Å². The minimum Gasteiger partial charge on any atom is -0.208 e. The molecule has 11 aromatic rings. The molecule has 63 heavy (non-hydrogen) atoms. The zero-order valence-corrected chi connectivity index (χ0v) is 35.5. The summed E-state index contributed by atoms with van der Waals surface area (Å²) >= 11 is 3.78.